The van der Waals surface area contributed by atoms with Crippen molar-refractivity contribution < 1.29 is 23.8 Å². The van der Waals surface area contributed by atoms with E-state index in [1.54, 1.807) is 30.3 Å². The van der Waals surface area contributed by atoms with Crippen LogP contribution in [0.4, 0.5) is 0 Å². The molecule has 0 saturated heterocycles. The molecule has 1 unspecified atom stereocenters. The second-order valence-corrected chi connectivity index (χ2v) is 6.64. The van der Waals surface area contributed by atoms with E-state index >= 15 is 0 Å². The fourth-order valence-corrected chi connectivity index (χ4v) is 3.50. The Bertz CT molecular complexity index is 850. The van der Waals surface area contributed by atoms with Gasteiger partial charge in [-0.1, -0.05) is 6.07 Å². The Balaban J connectivity index is 1.69. The number of thiophene rings is 1. The van der Waals surface area contributed by atoms with E-state index in [9.17, 15) is 9.90 Å². The summed E-state index contributed by atoms with van der Waals surface area (Å²) < 4.78 is 15.7. The quantitative estimate of drug-likeness (QED) is 0.664. The molecule has 6 nitrogen and oxygen atoms in total. The lowest BCUT2D eigenvalue weighted by molar-refractivity contribution is 0.0945. The largest absolute Gasteiger partial charge is 0.496 e. The van der Waals surface area contributed by atoms with Gasteiger partial charge in [0.15, 0.2) is 0 Å². The fraction of sp³-hybridized carbons (Fsp3) is 0.211. The van der Waals surface area contributed by atoms with E-state index in [0.717, 1.165) is 9.75 Å². The molecule has 1 amide bonds. The first-order valence-corrected chi connectivity index (χ1v) is 8.75. The van der Waals surface area contributed by atoms with Crippen LogP contribution in [0.15, 0.2) is 53.1 Å². The van der Waals surface area contributed by atoms with Gasteiger partial charge in [0.2, 0.25) is 0 Å². The Hall–Kier alpha value is -2.77. The van der Waals surface area contributed by atoms with Gasteiger partial charge in [-0.25, -0.2) is 0 Å². The summed E-state index contributed by atoms with van der Waals surface area (Å²) in [6.07, 6.45) is 0.710. The van der Waals surface area contributed by atoms with E-state index < -0.39 is 6.10 Å². The Morgan fingerprint density at radius 3 is 2.50 bits per heavy atom. The molecule has 2 N–H and O–H groups in total. The lowest BCUT2D eigenvalue weighted by atomic mass is 10.1. The van der Waals surface area contributed by atoms with Crippen LogP contribution in [0.25, 0.3) is 0 Å². The number of aliphatic hydroxyl groups excluding tert-OH is 1. The van der Waals surface area contributed by atoms with Gasteiger partial charge < -0.3 is 24.3 Å². The first-order chi connectivity index (χ1) is 12.6. The highest BCUT2D eigenvalue weighted by atomic mass is 32.1. The number of hydrogen-bond acceptors (Lipinski definition) is 6. The summed E-state index contributed by atoms with van der Waals surface area (Å²) in [5, 5.41) is 13.1. The molecule has 0 saturated carbocycles. The maximum absolute atomic E-state index is 12.6. The number of carbonyl (C=O) groups is 1. The zero-order chi connectivity index (χ0) is 18.5. The molecule has 1 aromatic carbocycles. The lowest BCUT2D eigenvalue weighted by Crippen LogP contribution is -2.23. The van der Waals surface area contributed by atoms with Gasteiger partial charge in [-0.15, -0.1) is 11.3 Å². The van der Waals surface area contributed by atoms with Crippen molar-refractivity contribution in [1.82, 2.24) is 5.32 Å². The zero-order valence-electron chi connectivity index (χ0n) is 14.4. The predicted molar refractivity (Wildman–Crippen MR) is 97.8 cm³/mol. The monoisotopic (exact) mass is 373 g/mol. The van der Waals surface area contributed by atoms with Gasteiger partial charge in [-0.3, -0.25) is 4.79 Å². The normalized spacial score (nSPS) is 11.8. The SMILES string of the molecule is COc1cccc(OC)c1C(=O)NCc1ccc(C(O)c2ccco2)s1. The first-order valence-electron chi connectivity index (χ1n) is 7.93. The van der Waals surface area contributed by atoms with Gasteiger partial charge in [-0.2, -0.15) is 0 Å². The summed E-state index contributed by atoms with van der Waals surface area (Å²) in [7, 11) is 3.01. The molecular formula is C19H19NO5S. The molecule has 0 spiro atoms. The van der Waals surface area contributed by atoms with Gasteiger partial charge in [-0.05, 0) is 36.4 Å². The number of aliphatic hydroxyl groups is 1. The molecule has 3 rings (SSSR count). The molecule has 0 aliphatic carbocycles. The Kier molecular flexibility index (Phi) is 5.60. The molecule has 26 heavy (non-hydrogen) atoms. The van der Waals surface area contributed by atoms with Crippen LogP contribution in [0.2, 0.25) is 0 Å². The highest BCUT2D eigenvalue weighted by Gasteiger charge is 2.19. The number of benzene rings is 1. The van der Waals surface area contributed by atoms with Crippen molar-refractivity contribution in [1.29, 1.82) is 0 Å². The second kappa shape index (κ2) is 8.07. The Morgan fingerprint density at radius 2 is 1.88 bits per heavy atom. The molecule has 7 heteroatoms. The van der Waals surface area contributed by atoms with Crippen molar-refractivity contribution in [3.63, 3.8) is 0 Å². The Labute approximate surface area is 155 Å². The maximum atomic E-state index is 12.6. The minimum absolute atomic E-state index is 0.291. The number of rotatable bonds is 7. The number of hydrogen-bond donors (Lipinski definition) is 2. The van der Waals surface area contributed by atoms with E-state index in [4.69, 9.17) is 13.9 Å². The van der Waals surface area contributed by atoms with Crippen molar-refractivity contribution in [2.75, 3.05) is 14.2 Å². The standard InChI is InChI=1S/C19H19NO5S/c1-23-13-5-3-6-14(24-2)17(13)19(22)20-11-12-8-9-16(26-12)18(21)15-7-4-10-25-15/h3-10,18,21H,11H2,1-2H3,(H,20,22). The lowest BCUT2D eigenvalue weighted by Gasteiger charge is -2.12. The van der Waals surface area contributed by atoms with Gasteiger partial charge in [0, 0.05) is 9.75 Å². The average Bonchev–Trinajstić information content (AvgIpc) is 3.36. The van der Waals surface area contributed by atoms with Crippen LogP contribution in [-0.2, 0) is 6.54 Å². The van der Waals surface area contributed by atoms with Crippen LogP contribution < -0.4 is 14.8 Å². The van der Waals surface area contributed by atoms with E-state index in [1.807, 2.05) is 12.1 Å². The third-order valence-corrected chi connectivity index (χ3v) is 4.98. The zero-order valence-corrected chi connectivity index (χ0v) is 15.2. The summed E-state index contributed by atoms with van der Waals surface area (Å²) in [5.74, 6) is 1.09. The van der Waals surface area contributed by atoms with Gasteiger partial charge in [0.1, 0.15) is 28.9 Å². The molecule has 2 heterocycles. The number of ether oxygens (including phenoxy) is 2. The topological polar surface area (TPSA) is 80.9 Å². The van der Waals surface area contributed by atoms with Crippen molar-refractivity contribution in [2.45, 2.75) is 12.6 Å². The summed E-state index contributed by atoms with van der Waals surface area (Å²) in [6.45, 7) is 0.329. The van der Waals surface area contributed by atoms with Crippen LogP contribution in [0.1, 0.15) is 32.0 Å². The molecule has 3 aromatic rings. The third-order valence-electron chi connectivity index (χ3n) is 3.84. The van der Waals surface area contributed by atoms with Crippen LogP contribution >= 0.6 is 11.3 Å². The van der Waals surface area contributed by atoms with E-state index in [0.29, 0.717) is 29.4 Å². The molecule has 0 aliphatic heterocycles. The molecule has 1 atom stereocenters. The summed E-state index contributed by atoms with van der Waals surface area (Å²) in [4.78, 5) is 14.2. The van der Waals surface area contributed by atoms with E-state index in [1.165, 1.54) is 31.8 Å². The fourth-order valence-electron chi connectivity index (χ4n) is 2.55. The number of methoxy groups -OCH3 is 2. The summed E-state index contributed by atoms with van der Waals surface area (Å²) in [6, 6.07) is 12.3. The van der Waals surface area contributed by atoms with Crippen molar-refractivity contribution in [3.8, 4) is 11.5 Å². The number of carbonyl (C=O) groups excluding carboxylic acids is 1. The highest BCUT2D eigenvalue weighted by molar-refractivity contribution is 7.12. The highest BCUT2D eigenvalue weighted by Crippen LogP contribution is 2.30. The maximum Gasteiger partial charge on any atom is 0.259 e. The summed E-state index contributed by atoms with van der Waals surface area (Å²) >= 11 is 1.41. The molecular weight excluding hydrogens is 354 g/mol. The minimum atomic E-state index is -0.811. The summed E-state index contributed by atoms with van der Waals surface area (Å²) in [5.41, 5.74) is 0.352. The van der Waals surface area contributed by atoms with Gasteiger partial charge in [0.25, 0.3) is 5.91 Å². The van der Waals surface area contributed by atoms with Crippen LogP contribution in [0, 0.1) is 0 Å². The Morgan fingerprint density at radius 1 is 1.15 bits per heavy atom. The number of nitrogens with one attached hydrogen (secondary N) is 1. The molecule has 136 valence electrons. The van der Waals surface area contributed by atoms with Crippen molar-refractivity contribution >= 4 is 17.2 Å². The minimum Gasteiger partial charge on any atom is -0.496 e. The van der Waals surface area contributed by atoms with Crippen LogP contribution in [0.5, 0.6) is 11.5 Å². The second-order valence-electron chi connectivity index (χ2n) is 5.44. The van der Waals surface area contributed by atoms with Gasteiger partial charge in [0.05, 0.1) is 27.0 Å². The van der Waals surface area contributed by atoms with Crippen molar-refractivity contribution in [3.05, 3.63) is 69.8 Å². The molecule has 0 radical (unpaired) electrons. The molecule has 0 bridgehead atoms. The van der Waals surface area contributed by atoms with Crippen LogP contribution in [-0.4, -0.2) is 25.2 Å². The first kappa shape index (κ1) is 18.0. The van der Waals surface area contributed by atoms with Crippen LogP contribution in [0.3, 0.4) is 0 Å². The molecule has 2 aromatic heterocycles. The molecule has 0 aliphatic rings. The smallest absolute Gasteiger partial charge is 0.259 e. The number of amides is 1. The number of furan rings is 1. The third kappa shape index (κ3) is 3.74. The predicted octanol–water partition coefficient (Wildman–Crippen LogP) is 3.37. The van der Waals surface area contributed by atoms with Crippen molar-refractivity contribution in [2.24, 2.45) is 0 Å². The molecule has 0 fully saturated rings. The van der Waals surface area contributed by atoms with Gasteiger partial charge >= 0.3 is 0 Å². The average molecular weight is 373 g/mol. The van der Waals surface area contributed by atoms with E-state index in [-0.39, 0.29) is 5.91 Å². The van der Waals surface area contributed by atoms with E-state index in [2.05, 4.69) is 5.32 Å².